The molecule has 1 aromatic heterocycles. The van der Waals surface area contributed by atoms with Gasteiger partial charge in [-0.3, -0.25) is 0 Å². The Hall–Kier alpha value is -10.1. The summed E-state index contributed by atoms with van der Waals surface area (Å²) >= 11 is 0. The summed E-state index contributed by atoms with van der Waals surface area (Å²) in [7, 11) is 0. The van der Waals surface area contributed by atoms with Gasteiger partial charge in [-0.1, -0.05) is 212 Å². The second kappa shape index (κ2) is 17.6. The van der Waals surface area contributed by atoms with Crippen molar-refractivity contribution < 1.29 is 0 Å². The summed E-state index contributed by atoms with van der Waals surface area (Å²) in [5.41, 5.74) is 19.1. The first-order valence-electron chi connectivity index (χ1n) is 25.0. The number of nitriles is 1. The summed E-state index contributed by atoms with van der Waals surface area (Å²) in [4.78, 5) is 15.5. The Morgan fingerprint density at radius 3 is 1.39 bits per heavy atom. The number of hydrogen-bond acceptors (Lipinski definition) is 4. The fraction of sp³-hybridized carbons (Fsp3) is 0. The molecule has 0 saturated heterocycles. The first-order chi connectivity index (χ1) is 36.6. The predicted octanol–water partition coefficient (Wildman–Crippen LogP) is 18.2. The maximum absolute atomic E-state index is 10.3. The van der Waals surface area contributed by atoms with E-state index in [1.165, 1.54) is 54.6 Å². The molecule has 12 aromatic carbocycles. The third kappa shape index (κ3) is 7.43. The lowest BCUT2D eigenvalue weighted by Crippen LogP contribution is -2.01. The summed E-state index contributed by atoms with van der Waals surface area (Å²) in [6.07, 6.45) is 0. The van der Waals surface area contributed by atoms with Crippen LogP contribution in [0.15, 0.2) is 255 Å². The first-order valence-corrected chi connectivity index (χ1v) is 25.0. The van der Waals surface area contributed by atoms with Crippen molar-refractivity contribution in [2.75, 3.05) is 0 Å². The van der Waals surface area contributed by atoms with Gasteiger partial charge in [0.25, 0.3) is 0 Å². The van der Waals surface area contributed by atoms with Gasteiger partial charge in [0.1, 0.15) is 0 Å². The molecular formula is C70H42N4. The highest BCUT2D eigenvalue weighted by atomic mass is 15.0. The molecular weight excluding hydrogens is 897 g/mol. The Labute approximate surface area is 428 Å². The average molecular weight is 939 g/mol. The highest BCUT2D eigenvalue weighted by molar-refractivity contribution is 6.16. The molecule has 1 heterocycles. The van der Waals surface area contributed by atoms with Gasteiger partial charge < -0.3 is 0 Å². The monoisotopic (exact) mass is 938 g/mol. The number of benzene rings is 12. The molecule has 74 heavy (non-hydrogen) atoms. The van der Waals surface area contributed by atoms with Crippen molar-refractivity contribution in [3.05, 3.63) is 260 Å². The van der Waals surface area contributed by atoms with Gasteiger partial charge in [-0.2, -0.15) is 5.26 Å². The molecule has 0 unspecified atom stereocenters. The van der Waals surface area contributed by atoms with Gasteiger partial charge >= 0.3 is 0 Å². The SMILES string of the molecule is N#Cc1cc(-c2cccc(-c3ccc(-c4nc(-c5ccccc5)nc(-c5ccccc5-c5cc6ccccc6c6ccccc56)n4)cc3)c2)cc(-c2cccc(-c3ccc4c(c3)-c3cccc5cccc-4c35)c2)c1. The molecule has 13 aromatic rings. The van der Waals surface area contributed by atoms with Crippen LogP contribution in [-0.2, 0) is 0 Å². The van der Waals surface area contributed by atoms with Crippen LogP contribution in [0.4, 0.5) is 0 Å². The average Bonchev–Trinajstić information content (AvgIpc) is 3.83. The predicted molar refractivity (Wildman–Crippen MR) is 305 cm³/mol. The molecule has 1 aliphatic rings. The summed E-state index contributed by atoms with van der Waals surface area (Å²) in [5, 5.41) is 17.7. The zero-order valence-electron chi connectivity index (χ0n) is 40.0. The van der Waals surface area contributed by atoms with Crippen molar-refractivity contribution in [2.45, 2.75) is 0 Å². The lowest BCUT2D eigenvalue weighted by atomic mass is 9.91. The third-order valence-corrected chi connectivity index (χ3v) is 14.7. The summed E-state index contributed by atoms with van der Waals surface area (Å²) in [5.74, 6) is 1.81. The first kappa shape index (κ1) is 42.8. The maximum Gasteiger partial charge on any atom is 0.164 e. The normalized spacial score (nSPS) is 11.5. The fourth-order valence-corrected chi connectivity index (χ4v) is 11.1. The van der Waals surface area contributed by atoms with Crippen LogP contribution >= 0.6 is 0 Å². The van der Waals surface area contributed by atoms with Gasteiger partial charge in [-0.25, -0.2) is 15.0 Å². The molecule has 0 radical (unpaired) electrons. The number of rotatable bonds is 8. The van der Waals surface area contributed by atoms with E-state index in [4.69, 9.17) is 15.0 Å². The van der Waals surface area contributed by atoms with Gasteiger partial charge in [0, 0.05) is 16.7 Å². The molecule has 0 amide bonds. The van der Waals surface area contributed by atoms with Crippen LogP contribution in [0.1, 0.15) is 5.56 Å². The second-order valence-electron chi connectivity index (χ2n) is 19.0. The highest BCUT2D eigenvalue weighted by Crippen LogP contribution is 2.48. The molecule has 0 fully saturated rings. The molecule has 1 aliphatic carbocycles. The Kier molecular flexibility index (Phi) is 10.2. The summed E-state index contributed by atoms with van der Waals surface area (Å²) < 4.78 is 0. The molecule has 14 rings (SSSR count). The van der Waals surface area contributed by atoms with E-state index in [2.05, 4.69) is 218 Å². The third-order valence-electron chi connectivity index (χ3n) is 14.7. The van der Waals surface area contributed by atoms with E-state index in [-0.39, 0.29) is 0 Å². The van der Waals surface area contributed by atoms with Gasteiger partial charge in [-0.05, 0) is 153 Å². The van der Waals surface area contributed by atoms with Gasteiger partial charge in [-0.15, -0.1) is 0 Å². The van der Waals surface area contributed by atoms with Crippen molar-refractivity contribution in [1.82, 2.24) is 15.0 Å². The largest absolute Gasteiger partial charge is 0.208 e. The van der Waals surface area contributed by atoms with E-state index in [0.717, 1.165) is 72.3 Å². The van der Waals surface area contributed by atoms with Crippen LogP contribution in [0.5, 0.6) is 0 Å². The Morgan fingerprint density at radius 2 is 0.689 bits per heavy atom. The smallest absolute Gasteiger partial charge is 0.164 e. The molecule has 0 spiro atoms. The minimum Gasteiger partial charge on any atom is -0.208 e. The number of nitrogens with zero attached hydrogens (tertiary/aromatic N) is 4. The lowest BCUT2D eigenvalue weighted by Gasteiger charge is -2.15. The van der Waals surface area contributed by atoms with Crippen molar-refractivity contribution >= 4 is 32.3 Å². The minimum absolute atomic E-state index is 0.594. The lowest BCUT2D eigenvalue weighted by molar-refractivity contribution is 1.07. The fourth-order valence-electron chi connectivity index (χ4n) is 11.1. The molecule has 0 atom stereocenters. The molecule has 342 valence electrons. The van der Waals surface area contributed by atoms with Crippen molar-refractivity contribution in [2.24, 2.45) is 0 Å². The number of hydrogen-bond donors (Lipinski definition) is 0. The molecule has 0 N–H and O–H groups in total. The Morgan fingerprint density at radius 1 is 0.243 bits per heavy atom. The van der Waals surface area contributed by atoms with Crippen molar-refractivity contribution in [3.8, 4) is 118 Å². The van der Waals surface area contributed by atoms with Crippen LogP contribution in [0.2, 0.25) is 0 Å². The molecule has 0 aliphatic heterocycles. The Balaban J connectivity index is 0.795. The van der Waals surface area contributed by atoms with Crippen LogP contribution in [-0.4, -0.2) is 15.0 Å². The van der Waals surface area contributed by atoms with E-state index >= 15 is 0 Å². The zero-order chi connectivity index (χ0) is 49.1. The van der Waals surface area contributed by atoms with E-state index in [0.29, 0.717) is 23.0 Å². The van der Waals surface area contributed by atoms with Crippen molar-refractivity contribution in [1.29, 1.82) is 5.26 Å². The number of aromatic nitrogens is 3. The van der Waals surface area contributed by atoms with Gasteiger partial charge in [0.2, 0.25) is 0 Å². The number of fused-ring (bicyclic) bond motifs is 6. The van der Waals surface area contributed by atoms with E-state index in [9.17, 15) is 5.26 Å². The Bertz CT molecular complexity index is 4430. The van der Waals surface area contributed by atoms with Crippen LogP contribution in [0, 0.1) is 11.3 Å². The van der Waals surface area contributed by atoms with Crippen molar-refractivity contribution in [3.63, 3.8) is 0 Å². The quantitative estimate of drug-likeness (QED) is 0.142. The second-order valence-corrected chi connectivity index (χ2v) is 19.0. The molecule has 4 heteroatoms. The topological polar surface area (TPSA) is 62.5 Å². The summed E-state index contributed by atoms with van der Waals surface area (Å²) in [6.45, 7) is 0. The zero-order valence-corrected chi connectivity index (χ0v) is 40.0. The molecule has 4 nitrogen and oxygen atoms in total. The molecule has 0 saturated carbocycles. The maximum atomic E-state index is 10.3. The standard InChI is InChI=1S/C70H42N4/c71-43-44-36-55(40-56(37-44)52-22-11-20-50(39-52)53-34-35-61-62-28-12-17-46-18-13-29-63(67(46)62)66(61)41-53)51-21-10-19-49(38-51)45-30-32-48(33-31-45)69-72-68(47-14-2-1-3-15-47)73-70(74-69)64-27-9-8-26-60(64)65-42-54-16-4-5-23-57(54)58-24-6-7-25-59(58)65/h1-42H. The van der Waals surface area contributed by atoms with E-state index in [1.807, 2.05) is 42.5 Å². The van der Waals surface area contributed by atoms with Crippen LogP contribution in [0.25, 0.3) is 144 Å². The van der Waals surface area contributed by atoms with Gasteiger partial charge in [0.15, 0.2) is 17.5 Å². The van der Waals surface area contributed by atoms with E-state index < -0.39 is 0 Å². The van der Waals surface area contributed by atoms with E-state index in [1.54, 1.807) is 0 Å². The highest BCUT2D eigenvalue weighted by Gasteiger charge is 2.22. The van der Waals surface area contributed by atoms with Gasteiger partial charge in [0.05, 0.1) is 11.6 Å². The van der Waals surface area contributed by atoms with Crippen LogP contribution < -0.4 is 0 Å². The summed E-state index contributed by atoms with van der Waals surface area (Å²) in [6, 6.07) is 92.3. The molecule has 0 bridgehead atoms. The minimum atomic E-state index is 0.594. The van der Waals surface area contributed by atoms with Crippen LogP contribution in [0.3, 0.4) is 0 Å².